The molecule has 1 aliphatic carbocycles. The Bertz CT molecular complexity index is 182. The first-order valence-corrected chi connectivity index (χ1v) is 5.76. The smallest absolute Gasteiger partial charge is 0.0711 e. The number of likely N-dealkylation sites (N-methyl/N-ethyl adjacent to an activating group) is 1. The van der Waals surface area contributed by atoms with Crippen molar-refractivity contribution in [3.63, 3.8) is 0 Å². The van der Waals surface area contributed by atoms with E-state index in [9.17, 15) is 0 Å². The molecule has 1 saturated heterocycles. The Morgan fingerprint density at radius 3 is 2.71 bits per heavy atom. The summed E-state index contributed by atoms with van der Waals surface area (Å²) in [6.07, 6.45) is 5.84. The van der Waals surface area contributed by atoms with E-state index in [4.69, 9.17) is 4.74 Å². The summed E-state index contributed by atoms with van der Waals surface area (Å²) in [5.74, 6) is 0. The molecule has 2 aliphatic rings. The summed E-state index contributed by atoms with van der Waals surface area (Å²) in [5, 5.41) is 3.52. The van der Waals surface area contributed by atoms with Crippen molar-refractivity contribution >= 4 is 0 Å². The van der Waals surface area contributed by atoms with Crippen LogP contribution in [0.1, 0.15) is 25.7 Å². The van der Waals surface area contributed by atoms with Crippen LogP contribution in [0.2, 0.25) is 0 Å². The summed E-state index contributed by atoms with van der Waals surface area (Å²) in [5.41, 5.74) is 0. The Labute approximate surface area is 86.8 Å². The molecule has 1 aliphatic heterocycles. The number of hydrogen-bond donors (Lipinski definition) is 1. The monoisotopic (exact) mass is 198 g/mol. The Kier molecular flexibility index (Phi) is 3.42. The van der Waals surface area contributed by atoms with Crippen LogP contribution in [0.25, 0.3) is 0 Å². The summed E-state index contributed by atoms with van der Waals surface area (Å²) < 4.78 is 5.34. The number of nitrogens with zero attached hydrogens (tertiary/aromatic N) is 1. The highest BCUT2D eigenvalue weighted by Crippen LogP contribution is 2.24. The minimum absolute atomic E-state index is 0.440. The molecule has 0 spiro atoms. The minimum atomic E-state index is 0.440. The summed E-state index contributed by atoms with van der Waals surface area (Å²) in [4.78, 5) is 2.51. The van der Waals surface area contributed by atoms with Gasteiger partial charge in [-0.05, 0) is 26.3 Å². The molecule has 2 unspecified atom stereocenters. The van der Waals surface area contributed by atoms with Crippen LogP contribution in [0.4, 0.5) is 0 Å². The third kappa shape index (κ3) is 2.27. The fraction of sp³-hybridized carbons (Fsp3) is 1.00. The minimum Gasteiger partial charge on any atom is -0.380 e. The molecule has 0 amide bonds. The van der Waals surface area contributed by atoms with Crippen LogP contribution in [0.15, 0.2) is 0 Å². The highest BCUT2D eigenvalue weighted by Gasteiger charge is 2.28. The van der Waals surface area contributed by atoms with Crippen LogP contribution < -0.4 is 5.32 Å². The van der Waals surface area contributed by atoms with Gasteiger partial charge in [0, 0.05) is 32.3 Å². The van der Waals surface area contributed by atoms with E-state index in [1.165, 1.54) is 32.2 Å². The molecule has 2 rings (SSSR count). The lowest BCUT2D eigenvalue weighted by Gasteiger charge is -2.36. The molecule has 3 heteroatoms. The molecular formula is C11H22N2O. The predicted molar refractivity (Wildman–Crippen MR) is 57.5 cm³/mol. The van der Waals surface area contributed by atoms with Crippen LogP contribution in [0.5, 0.6) is 0 Å². The molecule has 2 fully saturated rings. The number of ether oxygens (including phenoxy) is 1. The highest BCUT2D eigenvalue weighted by molar-refractivity contribution is 4.87. The summed E-state index contributed by atoms with van der Waals surface area (Å²) in [6.45, 7) is 2.21. The molecule has 0 radical (unpaired) electrons. The zero-order chi connectivity index (χ0) is 9.97. The molecule has 0 aromatic heterocycles. The number of rotatable bonds is 4. The number of nitrogens with one attached hydrogen (secondary N) is 1. The highest BCUT2D eigenvalue weighted by atomic mass is 16.5. The average Bonchev–Trinajstić information content (AvgIpc) is 2.48. The number of hydrogen-bond acceptors (Lipinski definition) is 3. The molecule has 82 valence electrons. The molecule has 3 nitrogen and oxygen atoms in total. The van der Waals surface area contributed by atoms with E-state index in [-0.39, 0.29) is 0 Å². The van der Waals surface area contributed by atoms with E-state index in [2.05, 4.69) is 17.3 Å². The van der Waals surface area contributed by atoms with Gasteiger partial charge in [0.2, 0.25) is 0 Å². The van der Waals surface area contributed by atoms with Crippen molar-refractivity contribution in [2.75, 3.05) is 27.2 Å². The Morgan fingerprint density at radius 1 is 1.43 bits per heavy atom. The van der Waals surface area contributed by atoms with E-state index in [1.807, 2.05) is 7.11 Å². The van der Waals surface area contributed by atoms with Crippen LogP contribution in [0.3, 0.4) is 0 Å². The van der Waals surface area contributed by atoms with E-state index < -0.39 is 0 Å². The van der Waals surface area contributed by atoms with Crippen LogP contribution in [0, 0.1) is 0 Å². The van der Waals surface area contributed by atoms with Crippen molar-refractivity contribution in [2.45, 2.75) is 43.9 Å². The van der Waals surface area contributed by atoms with Gasteiger partial charge < -0.3 is 15.0 Å². The summed E-state index contributed by atoms with van der Waals surface area (Å²) in [7, 11) is 4.07. The molecular weight excluding hydrogens is 176 g/mol. The average molecular weight is 198 g/mol. The summed E-state index contributed by atoms with van der Waals surface area (Å²) >= 11 is 0. The third-order valence-corrected chi connectivity index (χ3v) is 3.72. The van der Waals surface area contributed by atoms with E-state index in [0.717, 1.165) is 12.6 Å². The lowest BCUT2D eigenvalue weighted by Crippen LogP contribution is -2.43. The lowest BCUT2D eigenvalue weighted by molar-refractivity contribution is 0.111. The van der Waals surface area contributed by atoms with Gasteiger partial charge in [-0.2, -0.15) is 0 Å². The largest absolute Gasteiger partial charge is 0.380 e. The van der Waals surface area contributed by atoms with Crippen molar-refractivity contribution in [2.24, 2.45) is 0 Å². The molecule has 2 atom stereocenters. The van der Waals surface area contributed by atoms with Crippen LogP contribution in [-0.2, 0) is 4.74 Å². The lowest BCUT2D eigenvalue weighted by atomic mass is 9.91. The molecule has 1 heterocycles. The van der Waals surface area contributed by atoms with Gasteiger partial charge >= 0.3 is 0 Å². The second-order valence-corrected chi connectivity index (χ2v) is 4.72. The van der Waals surface area contributed by atoms with E-state index >= 15 is 0 Å². The first kappa shape index (κ1) is 10.4. The van der Waals surface area contributed by atoms with E-state index in [0.29, 0.717) is 12.1 Å². The molecule has 0 aromatic carbocycles. The first-order chi connectivity index (χ1) is 6.79. The van der Waals surface area contributed by atoms with Gasteiger partial charge in [-0.25, -0.2) is 0 Å². The fourth-order valence-electron chi connectivity index (χ4n) is 2.42. The Morgan fingerprint density at radius 2 is 2.21 bits per heavy atom. The maximum Gasteiger partial charge on any atom is 0.0711 e. The Hall–Kier alpha value is -0.120. The SMILES string of the molecule is COC1CNC(CN(C)C2CCC2)C1. The molecule has 0 bridgehead atoms. The molecule has 14 heavy (non-hydrogen) atoms. The maximum absolute atomic E-state index is 5.34. The van der Waals surface area contributed by atoms with Crippen LogP contribution in [-0.4, -0.2) is 50.3 Å². The number of methoxy groups -OCH3 is 1. The normalized spacial score (nSPS) is 33.6. The topological polar surface area (TPSA) is 24.5 Å². The second kappa shape index (κ2) is 4.60. The van der Waals surface area contributed by atoms with E-state index in [1.54, 1.807) is 0 Å². The van der Waals surface area contributed by atoms with Crippen molar-refractivity contribution < 1.29 is 4.74 Å². The van der Waals surface area contributed by atoms with Gasteiger partial charge in [0.15, 0.2) is 0 Å². The van der Waals surface area contributed by atoms with Crippen LogP contribution >= 0.6 is 0 Å². The van der Waals surface area contributed by atoms with Gasteiger partial charge in [0.25, 0.3) is 0 Å². The fourth-order valence-corrected chi connectivity index (χ4v) is 2.42. The van der Waals surface area contributed by atoms with Gasteiger partial charge in [0.05, 0.1) is 6.10 Å². The van der Waals surface area contributed by atoms with Crippen molar-refractivity contribution in [1.29, 1.82) is 0 Å². The Balaban J connectivity index is 1.69. The third-order valence-electron chi connectivity index (χ3n) is 3.72. The molecule has 0 aromatic rings. The van der Waals surface area contributed by atoms with Gasteiger partial charge in [0.1, 0.15) is 0 Å². The summed E-state index contributed by atoms with van der Waals surface area (Å²) in [6, 6.07) is 1.50. The zero-order valence-corrected chi connectivity index (χ0v) is 9.33. The van der Waals surface area contributed by atoms with Gasteiger partial charge in [-0.15, -0.1) is 0 Å². The first-order valence-electron chi connectivity index (χ1n) is 5.76. The van der Waals surface area contributed by atoms with Gasteiger partial charge in [-0.1, -0.05) is 6.42 Å². The predicted octanol–water partition coefficient (Wildman–Crippen LogP) is 0.848. The van der Waals surface area contributed by atoms with Gasteiger partial charge in [-0.3, -0.25) is 0 Å². The standard InChI is InChI=1S/C11H22N2O/c1-13(10-4-3-5-10)8-9-6-11(14-2)7-12-9/h9-12H,3-8H2,1-2H3. The molecule has 1 saturated carbocycles. The van der Waals surface area contributed by atoms with Crippen molar-refractivity contribution in [1.82, 2.24) is 10.2 Å². The van der Waals surface area contributed by atoms with Crippen molar-refractivity contribution in [3.05, 3.63) is 0 Å². The molecule has 1 N–H and O–H groups in total. The zero-order valence-electron chi connectivity index (χ0n) is 9.33. The van der Waals surface area contributed by atoms with Crippen molar-refractivity contribution in [3.8, 4) is 0 Å². The second-order valence-electron chi connectivity index (χ2n) is 4.72. The quantitative estimate of drug-likeness (QED) is 0.725. The maximum atomic E-state index is 5.34.